The van der Waals surface area contributed by atoms with Gasteiger partial charge in [0.05, 0.1) is 27.9 Å². The lowest BCUT2D eigenvalue weighted by Crippen LogP contribution is -2.49. The van der Waals surface area contributed by atoms with Crippen molar-refractivity contribution in [3.8, 4) is 11.3 Å². The molecule has 7 heterocycles. The highest BCUT2D eigenvalue weighted by Crippen LogP contribution is 2.50. The Morgan fingerprint density at radius 2 is 1.33 bits per heavy atom. The Labute approximate surface area is 284 Å². The number of para-hydroxylation sites is 1. The third-order valence-electron chi connectivity index (χ3n) is 11.9. The van der Waals surface area contributed by atoms with Crippen molar-refractivity contribution in [3.63, 3.8) is 0 Å². The van der Waals surface area contributed by atoms with Gasteiger partial charge in [-0.05, 0) is 60.5 Å². The Kier molecular flexibility index (Phi) is 4.42. The third-order valence-corrected chi connectivity index (χ3v) is 13.0. The molecule has 11 aromatic rings. The summed E-state index contributed by atoms with van der Waals surface area (Å²) in [5.74, 6) is 0.373. The number of hydrogen-bond acceptors (Lipinski definition) is 1. The summed E-state index contributed by atoms with van der Waals surface area (Å²) >= 11 is 1.91. The summed E-state index contributed by atoms with van der Waals surface area (Å²) in [5, 5.41) is 10.8. The fourth-order valence-electron chi connectivity index (χ4n) is 10.0. The molecule has 2 atom stereocenters. The van der Waals surface area contributed by atoms with Gasteiger partial charge in [-0.1, -0.05) is 54.6 Å². The van der Waals surface area contributed by atoms with Crippen LogP contribution in [0.2, 0.25) is 0 Å². The highest BCUT2D eigenvalue weighted by Gasteiger charge is 2.52. The molecule has 0 amide bonds. The first-order valence-electron chi connectivity index (χ1n) is 17.2. The molecule has 0 radical (unpaired) electrons. The Morgan fingerprint density at radius 1 is 0.571 bits per heavy atom. The van der Waals surface area contributed by atoms with Crippen LogP contribution in [0.5, 0.6) is 0 Å². The molecule has 226 valence electrons. The molecule has 0 saturated heterocycles. The molecular weight excluding hydrogens is 615 g/mol. The van der Waals surface area contributed by atoms with E-state index in [2.05, 4.69) is 153 Å². The van der Waals surface area contributed by atoms with Gasteiger partial charge in [-0.15, -0.1) is 11.3 Å². The van der Waals surface area contributed by atoms with E-state index in [4.69, 9.17) is 0 Å². The van der Waals surface area contributed by atoms with E-state index in [9.17, 15) is 0 Å². The van der Waals surface area contributed by atoms with Crippen LogP contribution in [0.4, 0.5) is 0 Å². The van der Waals surface area contributed by atoms with E-state index in [0.717, 1.165) is 6.42 Å². The summed E-state index contributed by atoms with van der Waals surface area (Å²) in [6, 6.07) is 48.4. The molecule has 4 heteroatoms. The van der Waals surface area contributed by atoms with Crippen LogP contribution in [0.1, 0.15) is 28.8 Å². The maximum atomic E-state index is 2.58. The van der Waals surface area contributed by atoms with E-state index in [0.29, 0.717) is 5.92 Å². The van der Waals surface area contributed by atoms with Crippen LogP contribution in [0.25, 0.3) is 85.8 Å². The van der Waals surface area contributed by atoms with Crippen molar-refractivity contribution in [1.82, 2.24) is 4.40 Å². The second-order valence-corrected chi connectivity index (χ2v) is 15.2. The molecule has 6 aromatic heterocycles. The lowest BCUT2D eigenvalue weighted by Gasteiger charge is -2.24. The number of nitrogens with zero attached hydrogens (tertiary/aromatic N) is 3. The van der Waals surface area contributed by atoms with Crippen molar-refractivity contribution in [2.24, 2.45) is 0 Å². The predicted molar refractivity (Wildman–Crippen MR) is 201 cm³/mol. The van der Waals surface area contributed by atoms with Crippen LogP contribution < -0.4 is 8.97 Å². The molecule has 1 aliphatic carbocycles. The molecule has 0 spiro atoms. The summed E-state index contributed by atoms with van der Waals surface area (Å²) < 4.78 is 10.4. The van der Waals surface area contributed by atoms with Crippen molar-refractivity contribution in [1.29, 1.82) is 0 Å². The molecule has 0 fully saturated rings. The first kappa shape index (κ1) is 25.2. The number of aromatic nitrogens is 3. The highest BCUT2D eigenvalue weighted by atomic mass is 32.1. The van der Waals surface area contributed by atoms with Gasteiger partial charge in [-0.2, -0.15) is 8.97 Å². The van der Waals surface area contributed by atoms with Gasteiger partial charge in [-0.3, -0.25) is 0 Å². The minimum Gasteiger partial charge on any atom is -0.308 e. The molecule has 2 unspecified atom stereocenters. The van der Waals surface area contributed by atoms with Gasteiger partial charge in [-0.25, -0.2) is 0 Å². The normalized spacial score (nSPS) is 16.9. The summed E-state index contributed by atoms with van der Waals surface area (Å²) in [4.78, 5) is 0. The Morgan fingerprint density at radius 3 is 2.27 bits per heavy atom. The van der Waals surface area contributed by atoms with Gasteiger partial charge in [0.1, 0.15) is 0 Å². The molecule has 5 aromatic carbocycles. The molecule has 0 bridgehead atoms. The maximum Gasteiger partial charge on any atom is 0.260 e. The Balaban J connectivity index is 1.20. The largest absolute Gasteiger partial charge is 0.308 e. The number of fused-ring (bicyclic) bond motifs is 22. The zero-order valence-electron chi connectivity index (χ0n) is 26.4. The molecule has 2 aliphatic rings. The quantitative estimate of drug-likeness (QED) is 0.115. The zero-order valence-corrected chi connectivity index (χ0v) is 27.2. The van der Waals surface area contributed by atoms with Crippen molar-refractivity contribution in [3.05, 3.63) is 157 Å². The zero-order chi connectivity index (χ0) is 31.5. The summed E-state index contributed by atoms with van der Waals surface area (Å²) in [5.41, 5.74) is 12.2. The van der Waals surface area contributed by atoms with E-state index in [1.165, 1.54) is 103 Å². The van der Waals surface area contributed by atoms with Crippen molar-refractivity contribution < 1.29 is 8.97 Å². The number of hydrogen-bond donors (Lipinski definition) is 0. The smallest absolute Gasteiger partial charge is 0.260 e. The molecular formula is C45H27N3S+2. The van der Waals surface area contributed by atoms with E-state index in [-0.39, 0.29) is 6.04 Å². The van der Waals surface area contributed by atoms with Crippen LogP contribution in [-0.4, -0.2) is 4.40 Å². The number of rotatable bonds is 0. The fourth-order valence-corrected chi connectivity index (χ4v) is 11.1. The molecule has 3 nitrogen and oxygen atoms in total. The van der Waals surface area contributed by atoms with Gasteiger partial charge in [0, 0.05) is 82.5 Å². The second kappa shape index (κ2) is 8.59. The first-order chi connectivity index (χ1) is 24.3. The summed E-state index contributed by atoms with van der Waals surface area (Å²) in [6.07, 6.45) is 5.61. The summed E-state index contributed by atoms with van der Waals surface area (Å²) in [6.45, 7) is 0. The van der Waals surface area contributed by atoms with Crippen molar-refractivity contribution in [2.45, 2.75) is 18.4 Å². The standard InChI is InChI=1S/C45H27N3S/c1-2-11-26-25(10-1)35-21-36-30-22-39-31(20-32(30)38-16-6-8-19-47(38)45(36)44(35)46-18-7-5-15-37(26)46)28-13-9-14-29-33-24-42-34(23-40(33)48(39)43(28)29)27-12-3-4-17-41(27)49-42/h1-20,22-24,35,44H,21H2/q+2. The van der Waals surface area contributed by atoms with Gasteiger partial charge in [0.15, 0.2) is 12.4 Å². The highest BCUT2D eigenvalue weighted by molar-refractivity contribution is 7.25. The molecule has 0 saturated carbocycles. The third kappa shape index (κ3) is 2.94. The number of benzene rings is 5. The maximum absolute atomic E-state index is 2.58. The first-order valence-corrected chi connectivity index (χ1v) is 18.0. The average molecular weight is 642 g/mol. The minimum atomic E-state index is 0.227. The van der Waals surface area contributed by atoms with Crippen LogP contribution in [0.15, 0.2) is 140 Å². The number of pyridine rings is 3. The average Bonchev–Trinajstić information content (AvgIpc) is 3.91. The van der Waals surface area contributed by atoms with Crippen LogP contribution in [0.3, 0.4) is 0 Å². The monoisotopic (exact) mass is 641 g/mol. The second-order valence-electron chi connectivity index (χ2n) is 14.1. The molecule has 13 rings (SSSR count). The van der Waals surface area contributed by atoms with Crippen LogP contribution in [0, 0.1) is 0 Å². The SMILES string of the molecule is c1ccc2c(c1)-c1cccc[n+]1C1c3c(c4cc5c(cc4c4cccc[n+]34)c3cccc4c6cc7sc8ccccc8c7cc6n5c34)CC21. The fraction of sp³-hybridized carbons (Fsp3) is 0.0667. The Bertz CT molecular complexity index is 3270. The van der Waals surface area contributed by atoms with Crippen LogP contribution in [-0.2, 0) is 6.42 Å². The minimum absolute atomic E-state index is 0.227. The molecule has 0 N–H and O–H groups in total. The number of thiophene rings is 1. The van der Waals surface area contributed by atoms with Gasteiger partial charge in [0.2, 0.25) is 17.3 Å². The van der Waals surface area contributed by atoms with Crippen molar-refractivity contribution >= 4 is 85.9 Å². The van der Waals surface area contributed by atoms with Gasteiger partial charge >= 0.3 is 0 Å². The summed E-state index contributed by atoms with van der Waals surface area (Å²) in [7, 11) is 0. The topological polar surface area (TPSA) is 12.4 Å². The molecule has 1 aliphatic heterocycles. The Hall–Kier alpha value is -5.84. The van der Waals surface area contributed by atoms with E-state index in [1.807, 2.05) is 11.3 Å². The van der Waals surface area contributed by atoms with E-state index < -0.39 is 0 Å². The van der Waals surface area contributed by atoms with Gasteiger partial charge in [0.25, 0.3) is 5.69 Å². The van der Waals surface area contributed by atoms with Crippen LogP contribution >= 0.6 is 11.3 Å². The molecule has 49 heavy (non-hydrogen) atoms. The predicted octanol–water partition coefficient (Wildman–Crippen LogP) is 10.3. The van der Waals surface area contributed by atoms with E-state index in [1.54, 1.807) is 0 Å². The van der Waals surface area contributed by atoms with Crippen molar-refractivity contribution in [2.75, 3.05) is 0 Å². The lowest BCUT2D eigenvalue weighted by atomic mass is 9.84. The van der Waals surface area contributed by atoms with Gasteiger partial charge < -0.3 is 4.40 Å². The van der Waals surface area contributed by atoms with E-state index >= 15 is 0 Å². The lowest BCUT2D eigenvalue weighted by molar-refractivity contribution is -0.724.